The maximum atomic E-state index is 9.37. The molecule has 12 heavy (non-hydrogen) atoms. The average Bonchev–Trinajstić information content (AvgIpc) is 2.53. The third kappa shape index (κ3) is 1.07. The lowest BCUT2D eigenvalue weighted by Gasteiger charge is -1.97. The van der Waals surface area contributed by atoms with Crippen LogP contribution in [0.3, 0.4) is 0 Å². The van der Waals surface area contributed by atoms with Crippen LogP contribution in [0.15, 0.2) is 42.6 Å². The number of aromatic nitrogens is 1. The summed E-state index contributed by atoms with van der Waals surface area (Å²) < 4.78 is 0. The van der Waals surface area contributed by atoms with E-state index in [9.17, 15) is 5.11 Å². The summed E-state index contributed by atoms with van der Waals surface area (Å²) in [6.45, 7) is 0. The first-order valence-electron chi connectivity index (χ1n) is 3.79. The van der Waals surface area contributed by atoms with E-state index in [-0.39, 0.29) is 0 Å². The summed E-state index contributed by atoms with van der Waals surface area (Å²) in [5.41, 5.74) is 1.77. The molecular weight excluding hydrogens is 150 g/mol. The number of nitrogens with one attached hydrogen (secondary N) is 1. The van der Waals surface area contributed by atoms with Crippen molar-refractivity contribution in [2.75, 3.05) is 0 Å². The topological polar surface area (TPSA) is 36.0 Å². The molecule has 0 amide bonds. The van der Waals surface area contributed by atoms with Crippen LogP contribution < -0.4 is 0 Å². The Labute approximate surface area is 70.5 Å². The molecule has 0 aliphatic heterocycles. The van der Waals surface area contributed by atoms with Crippen LogP contribution in [0.4, 0.5) is 0 Å². The molecule has 2 N–H and O–H groups in total. The standard InChI is InChI=1S/C10H9NO/c12-9-6-7-11-10(9)8-4-2-1-3-5-8/h1-7,11-12H. The van der Waals surface area contributed by atoms with Crippen molar-refractivity contribution in [3.05, 3.63) is 42.6 Å². The zero-order chi connectivity index (χ0) is 8.39. The molecule has 0 aliphatic carbocycles. The Morgan fingerprint density at radius 2 is 1.75 bits per heavy atom. The van der Waals surface area contributed by atoms with E-state index in [1.807, 2.05) is 30.3 Å². The molecule has 0 saturated carbocycles. The normalized spacial score (nSPS) is 10.0. The van der Waals surface area contributed by atoms with E-state index < -0.39 is 0 Å². The molecule has 0 fully saturated rings. The van der Waals surface area contributed by atoms with E-state index in [2.05, 4.69) is 4.98 Å². The van der Waals surface area contributed by atoms with Gasteiger partial charge in [-0.3, -0.25) is 0 Å². The molecule has 0 unspecified atom stereocenters. The van der Waals surface area contributed by atoms with Gasteiger partial charge in [-0.05, 0) is 6.07 Å². The maximum Gasteiger partial charge on any atom is 0.141 e. The largest absolute Gasteiger partial charge is 0.506 e. The first-order chi connectivity index (χ1) is 5.88. The lowest BCUT2D eigenvalue weighted by molar-refractivity contribution is 0.478. The van der Waals surface area contributed by atoms with Gasteiger partial charge in [-0.25, -0.2) is 0 Å². The van der Waals surface area contributed by atoms with E-state index >= 15 is 0 Å². The van der Waals surface area contributed by atoms with E-state index in [0.29, 0.717) is 5.75 Å². The average molecular weight is 159 g/mol. The summed E-state index contributed by atoms with van der Waals surface area (Å²) in [6, 6.07) is 11.4. The number of benzene rings is 1. The summed E-state index contributed by atoms with van der Waals surface area (Å²) in [5.74, 6) is 0.293. The van der Waals surface area contributed by atoms with Gasteiger partial charge in [-0.2, -0.15) is 0 Å². The van der Waals surface area contributed by atoms with E-state index in [4.69, 9.17) is 0 Å². The molecular formula is C10H9NO. The SMILES string of the molecule is Oc1cc[nH]c1-c1ccccc1. The van der Waals surface area contributed by atoms with E-state index in [1.165, 1.54) is 0 Å². The second kappa shape index (κ2) is 2.74. The van der Waals surface area contributed by atoms with Crippen LogP contribution in [0.5, 0.6) is 5.75 Å². The zero-order valence-corrected chi connectivity index (χ0v) is 6.49. The van der Waals surface area contributed by atoms with Gasteiger partial charge in [-0.15, -0.1) is 0 Å². The van der Waals surface area contributed by atoms with E-state index in [0.717, 1.165) is 11.3 Å². The molecule has 2 heteroatoms. The van der Waals surface area contributed by atoms with Crippen molar-refractivity contribution in [2.24, 2.45) is 0 Å². The van der Waals surface area contributed by atoms with Gasteiger partial charge in [0.25, 0.3) is 0 Å². The van der Waals surface area contributed by atoms with Crippen molar-refractivity contribution >= 4 is 0 Å². The Morgan fingerprint density at radius 3 is 2.33 bits per heavy atom. The van der Waals surface area contributed by atoms with Crippen LogP contribution in [0.2, 0.25) is 0 Å². The second-order valence-corrected chi connectivity index (χ2v) is 2.60. The minimum Gasteiger partial charge on any atom is -0.506 e. The molecule has 2 rings (SSSR count). The molecule has 0 atom stereocenters. The molecule has 60 valence electrons. The highest BCUT2D eigenvalue weighted by Gasteiger charge is 2.02. The summed E-state index contributed by atoms with van der Waals surface area (Å²) in [7, 11) is 0. The first-order valence-corrected chi connectivity index (χ1v) is 3.79. The Balaban J connectivity index is 2.51. The fourth-order valence-electron chi connectivity index (χ4n) is 1.20. The number of aromatic hydroxyl groups is 1. The Hall–Kier alpha value is -1.70. The number of aromatic amines is 1. The first kappa shape index (κ1) is 6.98. The highest BCUT2D eigenvalue weighted by molar-refractivity contribution is 5.65. The molecule has 1 heterocycles. The quantitative estimate of drug-likeness (QED) is 0.658. The van der Waals surface area contributed by atoms with Gasteiger partial charge in [0, 0.05) is 11.8 Å². The minimum absolute atomic E-state index is 0.293. The van der Waals surface area contributed by atoms with Gasteiger partial charge >= 0.3 is 0 Å². The Kier molecular flexibility index (Phi) is 1.59. The predicted molar refractivity (Wildman–Crippen MR) is 47.9 cm³/mol. The smallest absolute Gasteiger partial charge is 0.141 e. The minimum atomic E-state index is 0.293. The molecule has 2 aromatic rings. The van der Waals surface area contributed by atoms with Crippen molar-refractivity contribution in [3.63, 3.8) is 0 Å². The van der Waals surface area contributed by atoms with Gasteiger partial charge in [0.15, 0.2) is 0 Å². The summed E-state index contributed by atoms with van der Waals surface area (Å²) in [4.78, 5) is 2.97. The van der Waals surface area contributed by atoms with Crippen LogP contribution in [-0.4, -0.2) is 10.1 Å². The van der Waals surface area contributed by atoms with Crippen LogP contribution in [-0.2, 0) is 0 Å². The molecule has 0 saturated heterocycles. The third-order valence-corrected chi connectivity index (χ3v) is 1.79. The van der Waals surface area contributed by atoms with Gasteiger partial charge in [0.05, 0.1) is 5.69 Å². The van der Waals surface area contributed by atoms with Crippen molar-refractivity contribution in [3.8, 4) is 17.0 Å². The molecule has 0 spiro atoms. The fraction of sp³-hybridized carbons (Fsp3) is 0. The Morgan fingerprint density at radius 1 is 1.00 bits per heavy atom. The highest BCUT2D eigenvalue weighted by atomic mass is 16.3. The maximum absolute atomic E-state index is 9.37. The van der Waals surface area contributed by atoms with Crippen molar-refractivity contribution in [1.29, 1.82) is 0 Å². The second-order valence-electron chi connectivity index (χ2n) is 2.60. The molecule has 2 nitrogen and oxygen atoms in total. The summed E-state index contributed by atoms with van der Waals surface area (Å²) >= 11 is 0. The van der Waals surface area contributed by atoms with Gasteiger partial charge in [0.2, 0.25) is 0 Å². The third-order valence-electron chi connectivity index (χ3n) is 1.79. The van der Waals surface area contributed by atoms with Crippen molar-refractivity contribution in [2.45, 2.75) is 0 Å². The lowest BCUT2D eigenvalue weighted by Crippen LogP contribution is -1.75. The number of hydrogen-bond acceptors (Lipinski definition) is 1. The summed E-state index contributed by atoms with van der Waals surface area (Å²) in [5, 5.41) is 9.37. The molecule has 1 aromatic carbocycles. The lowest BCUT2D eigenvalue weighted by atomic mass is 10.1. The molecule has 0 aliphatic rings. The Bertz CT molecular complexity index is 364. The highest BCUT2D eigenvalue weighted by Crippen LogP contribution is 2.26. The monoisotopic (exact) mass is 159 g/mol. The van der Waals surface area contributed by atoms with E-state index in [1.54, 1.807) is 12.3 Å². The number of H-pyrrole nitrogens is 1. The molecule has 1 aromatic heterocycles. The van der Waals surface area contributed by atoms with Crippen LogP contribution >= 0.6 is 0 Å². The molecule has 0 radical (unpaired) electrons. The van der Waals surface area contributed by atoms with Crippen LogP contribution in [0.1, 0.15) is 0 Å². The van der Waals surface area contributed by atoms with Gasteiger partial charge in [0.1, 0.15) is 5.75 Å². The predicted octanol–water partition coefficient (Wildman–Crippen LogP) is 2.39. The van der Waals surface area contributed by atoms with Crippen molar-refractivity contribution in [1.82, 2.24) is 4.98 Å². The fourth-order valence-corrected chi connectivity index (χ4v) is 1.20. The van der Waals surface area contributed by atoms with Crippen LogP contribution in [0, 0.1) is 0 Å². The van der Waals surface area contributed by atoms with Crippen molar-refractivity contribution < 1.29 is 5.11 Å². The van der Waals surface area contributed by atoms with Gasteiger partial charge in [-0.1, -0.05) is 30.3 Å². The zero-order valence-electron chi connectivity index (χ0n) is 6.49. The summed E-state index contributed by atoms with van der Waals surface area (Å²) in [6.07, 6.45) is 1.72. The van der Waals surface area contributed by atoms with Gasteiger partial charge < -0.3 is 10.1 Å². The van der Waals surface area contributed by atoms with Crippen LogP contribution in [0.25, 0.3) is 11.3 Å². The number of rotatable bonds is 1. The molecule has 0 bridgehead atoms. The number of hydrogen-bond donors (Lipinski definition) is 2.